The maximum absolute atomic E-state index is 12.6. The SMILES string of the molecule is O=C(c1ccc(Cl)c(Cl)c1)N1CCC(Cc2ccc(C(F)(F)F)cc2)CC1. The average Bonchev–Trinajstić information content (AvgIpc) is 2.64. The molecule has 1 heterocycles. The zero-order chi connectivity index (χ0) is 19.6. The third kappa shape index (κ3) is 4.96. The molecule has 144 valence electrons. The Balaban J connectivity index is 1.55. The molecule has 0 aromatic heterocycles. The Morgan fingerprint density at radius 2 is 1.63 bits per heavy atom. The van der Waals surface area contributed by atoms with Gasteiger partial charge in [0.2, 0.25) is 0 Å². The molecule has 0 atom stereocenters. The van der Waals surface area contributed by atoms with Crippen molar-refractivity contribution in [2.45, 2.75) is 25.4 Å². The highest BCUT2D eigenvalue weighted by molar-refractivity contribution is 6.42. The van der Waals surface area contributed by atoms with Crippen molar-refractivity contribution >= 4 is 29.1 Å². The standard InChI is InChI=1S/C20H18Cl2F3NO/c21-17-6-3-15(12-18(17)22)19(27)26-9-7-14(8-10-26)11-13-1-4-16(5-2-13)20(23,24)25/h1-6,12,14H,7-11H2. The van der Waals surface area contributed by atoms with Gasteiger partial charge in [0.15, 0.2) is 0 Å². The van der Waals surface area contributed by atoms with Crippen LogP contribution in [0.25, 0.3) is 0 Å². The lowest BCUT2D eigenvalue weighted by Crippen LogP contribution is -2.38. The van der Waals surface area contributed by atoms with Crippen LogP contribution >= 0.6 is 23.2 Å². The summed E-state index contributed by atoms with van der Waals surface area (Å²) in [5.74, 6) is 0.265. The predicted octanol–water partition coefficient (Wildman–Crippen LogP) is 6.11. The molecule has 3 rings (SSSR count). The van der Waals surface area contributed by atoms with Crippen molar-refractivity contribution in [1.29, 1.82) is 0 Å². The summed E-state index contributed by atoms with van der Waals surface area (Å²) in [5, 5.41) is 0.753. The van der Waals surface area contributed by atoms with Crippen molar-refractivity contribution in [3.63, 3.8) is 0 Å². The van der Waals surface area contributed by atoms with E-state index in [1.54, 1.807) is 23.1 Å². The summed E-state index contributed by atoms with van der Waals surface area (Å²) in [6, 6.07) is 10.2. The highest BCUT2D eigenvalue weighted by atomic mass is 35.5. The minimum atomic E-state index is -4.31. The summed E-state index contributed by atoms with van der Waals surface area (Å²) in [5.41, 5.74) is 0.760. The highest BCUT2D eigenvalue weighted by Gasteiger charge is 2.30. The lowest BCUT2D eigenvalue weighted by molar-refractivity contribution is -0.137. The van der Waals surface area contributed by atoms with E-state index in [0.717, 1.165) is 30.5 Å². The van der Waals surface area contributed by atoms with Crippen molar-refractivity contribution in [2.24, 2.45) is 5.92 Å². The van der Waals surface area contributed by atoms with E-state index in [1.165, 1.54) is 12.1 Å². The first-order valence-corrected chi connectivity index (χ1v) is 9.40. The van der Waals surface area contributed by atoms with Crippen LogP contribution < -0.4 is 0 Å². The molecule has 2 nitrogen and oxygen atoms in total. The summed E-state index contributed by atoms with van der Waals surface area (Å²) in [4.78, 5) is 14.4. The number of amides is 1. The molecular formula is C20H18Cl2F3NO. The summed E-state index contributed by atoms with van der Waals surface area (Å²) in [7, 11) is 0. The van der Waals surface area contributed by atoms with Crippen LogP contribution in [0.3, 0.4) is 0 Å². The van der Waals surface area contributed by atoms with Gasteiger partial charge in [-0.25, -0.2) is 0 Å². The molecule has 0 bridgehead atoms. The minimum absolute atomic E-state index is 0.0819. The van der Waals surface area contributed by atoms with Crippen molar-refractivity contribution in [1.82, 2.24) is 4.90 Å². The van der Waals surface area contributed by atoms with E-state index < -0.39 is 11.7 Å². The molecule has 0 spiro atoms. The van der Waals surface area contributed by atoms with Crippen LogP contribution in [-0.4, -0.2) is 23.9 Å². The van der Waals surface area contributed by atoms with Crippen molar-refractivity contribution < 1.29 is 18.0 Å². The number of piperidine rings is 1. The van der Waals surface area contributed by atoms with Crippen molar-refractivity contribution in [2.75, 3.05) is 13.1 Å². The van der Waals surface area contributed by atoms with Gasteiger partial charge in [-0.05, 0) is 61.1 Å². The normalized spacial score (nSPS) is 15.8. The second-order valence-corrected chi connectivity index (χ2v) is 7.58. The first-order chi connectivity index (χ1) is 12.7. The van der Waals surface area contributed by atoms with Gasteiger partial charge in [-0.2, -0.15) is 13.2 Å². The monoisotopic (exact) mass is 415 g/mol. The molecule has 1 aliphatic heterocycles. The molecule has 0 N–H and O–H groups in total. The fourth-order valence-corrected chi connectivity index (χ4v) is 3.61. The molecule has 7 heteroatoms. The largest absolute Gasteiger partial charge is 0.416 e. The molecule has 1 amide bonds. The van der Waals surface area contributed by atoms with E-state index in [4.69, 9.17) is 23.2 Å². The molecule has 0 saturated carbocycles. The minimum Gasteiger partial charge on any atom is -0.339 e. The second kappa shape index (κ2) is 8.11. The Kier molecular flexibility index (Phi) is 6.02. The number of likely N-dealkylation sites (tertiary alicyclic amines) is 1. The number of hydrogen-bond acceptors (Lipinski definition) is 1. The molecule has 27 heavy (non-hydrogen) atoms. The van der Waals surface area contributed by atoms with E-state index in [2.05, 4.69) is 0 Å². The number of carbonyl (C=O) groups excluding carboxylic acids is 1. The van der Waals surface area contributed by atoms with Crippen molar-refractivity contribution in [3.05, 3.63) is 69.2 Å². The zero-order valence-corrected chi connectivity index (χ0v) is 15.9. The fourth-order valence-electron chi connectivity index (χ4n) is 3.32. The van der Waals surface area contributed by atoms with Crippen LogP contribution in [-0.2, 0) is 12.6 Å². The smallest absolute Gasteiger partial charge is 0.339 e. The number of benzene rings is 2. The number of alkyl halides is 3. The number of carbonyl (C=O) groups is 1. The molecule has 0 aliphatic carbocycles. The Hall–Kier alpha value is -1.72. The number of halogens is 5. The lowest BCUT2D eigenvalue weighted by Gasteiger charge is -2.32. The van der Waals surface area contributed by atoms with Crippen LogP contribution in [0.2, 0.25) is 10.0 Å². The summed E-state index contributed by atoms with van der Waals surface area (Å²) < 4.78 is 37.9. The van der Waals surface area contributed by atoms with Gasteiger partial charge in [0.1, 0.15) is 0 Å². The Morgan fingerprint density at radius 1 is 1.00 bits per heavy atom. The predicted molar refractivity (Wildman–Crippen MR) is 100 cm³/mol. The first-order valence-electron chi connectivity index (χ1n) is 8.64. The van der Waals surface area contributed by atoms with Crippen molar-refractivity contribution in [3.8, 4) is 0 Å². The van der Waals surface area contributed by atoms with Gasteiger partial charge in [0, 0.05) is 18.7 Å². The van der Waals surface area contributed by atoms with Gasteiger partial charge in [0.05, 0.1) is 15.6 Å². The van der Waals surface area contributed by atoms with E-state index in [9.17, 15) is 18.0 Å². The third-order valence-corrected chi connectivity index (χ3v) is 5.61. The van der Waals surface area contributed by atoms with Crippen LogP contribution in [0.1, 0.15) is 34.3 Å². The maximum Gasteiger partial charge on any atom is 0.416 e. The van der Waals surface area contributed by atoms with E-state index in [0.29, 0.717) is 41.0 Å². The van der Waals surface area contributed by atoms with Crippen LogP contribution in [0, 0.1) is 5.92 Å². The first kappa shape index (κ1) is 20.0. The van der Waals surface area contributed by atoms with Gasteiger partial charge in [-0.15, -0.1) is 0 Å². The molecule has 1 aliphatic rings. The maximum atomic E-state index is 12.6. The van der Waals surface area contributed by atoms with Crippen LogP contribution in [0.5, 0.6) is 0 Å². The van der Waals surface area contributed by atoms with Gasteiger partial charge < -0.3 is 4.90 Å². The highest BCUT2D eigenvalue weighted by Crippen LogP contribution is 2.30. The van der Waals surface area contributed by atoms with E-state index in [-0.39, 0.29) is 5.91 Å². The molecule has 1 saturated heterocycles. The van der Waals surface area contributed by atoms with Crippen LogP contribution in [0.15, 0.2) is 42.5 Å². The molecule has 2 aromatic carbocycles. The summed E-state index contributed by atoms with van der Waals surface area (Å²) in [6.45, 7) is 1.23. The number of nitrogens with zero attached hydrogens (tertiary/aromatic N) is 1. The topological polar surface area (TPSA) is 20.3 Å². The molecule has 0 radical (unpaired) electrons. The van der Waals surface area contributed by atoms with E-state index >= 15 is 0 Å². The van der Waals surface area contributed by atoms with Gasteiger partial charge in [-0.1, -0.05) is 35.3 Å². The van der Waals surface area contributed by atoms with Gasteiger partial charge in [-0.3, -0.25) is 4.79 Å². The number of rotatable bonds is 3. The molecule has 1 fully saturated rings. The Bertz CT molecular complexity index is 813. The molecular weight excluding hydrogens is 398 g/mol. The zero-order valence-electron chi connectivity index (χ0n) is 14.4. The molecule has 2 aromatic rings. The molecule has 0 unspecified atom stereocenters. The number of hydrogen-bond donors (Lipinski definition) is 0. The second-order valence-electron chi connectivity index (χ2n) is 6.76. The third-order valence-electron chi connectivity index (χ3n) is 4.87. The fraction of sp³-hybridized carbons (Fsp3) is 0.350. The van der Waals surface area contributed by atoms with Gasteiger partial charge in [0.25, 0.3) is 5.91 Å². The van der Waals surface area contributed by atoms with Crippen LogP contribution in [0.4, 0.5) is 13.2 Å². The summed E-state index contributed by atoms with van der Waals surface area (Å²) in [6.07, 6.45) is -1.97. The Morgan fingerprint density at radius 3 is 2.19 bits per heavy atom. The van der Waals surface area contributed by atoms with Gasteiger partial charge >= 0.3 is 6.18 Å². The Labute approximate surface area is 165 Å². The lowest BCUT2D eigenvalue weighted by atomic mass is 9.89. The average molecular weight is 416 g/mol. The summed E-state index contributed by atoms with van der Waals surface area (Å²) >= 11 is 11.9. The quantitative estimate of drug-likeness (QED) is 0.592. The van der Waals surface area contributed by atoms with E-state index in [1.807, 2.05) is 0 Å².